The Bertz CT molecular complexity index is 703. The highest BCUT2D eigenvalue weighted by Gasteiger charge is 2.39. The number of nitrogens with zero attached hydrogens (tertiary/aromatic N) is 2. The van der Waals surface area contributed by atoms with Gasteiger partial charge >= 0.3 is 0 Å². The largest absolute Gasteiger partial charge is 0.390 e. The zero-order chi connectivity index (χ0) is 17.2. The van der Waals surface area contributed by atoms with Crippen molar-refractivity contribution >= 4 is 17.2 Å². The number of carbonyl (C=O) groups is 1. The number of rotatable bonds is 4. The van der Waals surface area contributed by atoms with E-state index in [0.717, 1.165) is 23.4 Å². The maximum atomic E-state index is 12.1. The van der Waals surface area contributed by atoms with Crippen LogP contribution < -0.4 is 0 Å². The fourth-order valence-electron chi connectivity index (χ4n) is 3.14. The number of amides is 1. The number of benzene rings is 1. The molecule has 5 nitrogen and oxygen atoms in total. The maximum absolute atomic E-state index is 12.1. The van der Waals surface area contributed by atoms with E-state index < -0.39 is 0 Å². The molecule has 0 unspecified atom stereocenters. The molecule has 6 heteroatoms. The third kappa shape index (κ3) is 3.09. The van der Waals surface area contributed by atoms with Crippen LogP contribution >= 0.6 is 11.3 Å². The van der Waals surface area contributed by atoms with E-state index in [0.29, 0.717) is 24.5 Å². The third-order valence-corrected chi connectivity index (χ3v) is 5.66. The second kappa shape index (κ2) is 7.01. The van der Waals surface area contributed by atoms with Gasteiger partial charge in [0.15, 0.2) is 0 Å². The monoisotopic (exact) mass is 346 g/mol. The Morgan fingerprint density at radius 2 is 1.96 bits per heavy atom. The van der Waals surface area contributed by atoms with Gasteiger partial charge in [0, 0.05) is 38.3 Å². The summed E-state index contributed by atoms with van der Waals surface area (Å²) in [6.45, 7) is 1.33. The van der Waals surface area contributed by atoms with E-state index in [-0.39, 0.29) is 17.9 Å². The minimum absolute atomic E-state index is 0.000562. The first-order chi connectivity index (χ1) is 11.6. The summed E-state index contributed by atoms with van der Waals surface area (Å²) < 4.78 is 5.56. The van der Waals surface area contributed by atoms with E-state index in [1.165, 1.54) is 0 Å². The molecular formula is C18H22N2O3S. The van der Waals surface area contributed by atoms with E-state index in [1.807, 2.05) is 29.6 Å². The van der Waals surface area contributed by atoms with Gasteiger partial charge in [-0.25, -0.2) is 4.98 Å². The van der Waals surface area contributed by atoms with Crippen molar-refractivity contribution in [3.05, 3.63) is 51.5 Å². The van der Waals surface area contributed by atoms with Crippen molar-refractivity contribution in [1.29, 1.82) is 0 Å². The van der Waals surface area contributed by atoms with Gasteiger partial charge in [0.2, 0.25) is 0 Å². The Hall–Kier alpha value is -1.76. The van der Waals surface area contributed by atoms with Crippen LogP contribution in [0.1, 0.15) is 39.5 Å². The average molecular weight is 346 g/mol. The molecule has 0 bridgehead atoms. The van der Waals surface area contributed by atoms with Crippen LogP contribution in [0.5, 0.6) is 0 Å². The number of aromatic nitrogens is 1. The molecule has 1 aliphatic rings. The SMILES string of the molecule is CN(C)C(=O)c1ccc(C2(c3nc(CO)cs3)CCOCC2)cc1. The first kappa shape index (κ1) is 17.1. The Balaban J connectivity index is 1.98. The Labute approximate surface area is 145 Å². The number of ether oxygens (including phenoxy) is 1. The molecule has 3 rings (SSSR count). The van der Waals surface area contributed by atoms with Gasteiger partial charge in [-0.2, -0.15) is 0 Å². The van der Waals surface area contributed by atoms with Gasteiger partial charge in [-0.3, -0.25) is 4.79 Å². The second-order valence-electron chi connectivity index (χ2n) is 6.27. The standard InChI is InChI=1S/C18H22N2O3S/c1-20(2)16(22)13-3-5-14(6-4-13)18(7-9-23-10-8-18)17-19-15(11-21)12-24-17/h3-6,12,21H,7-11H2,1-2H3. The van der Waals surface area contributed by atoms with Crippen molar-refractivity contribution in [3.63, 3.8) is 0 Å². The van der Waals surface area contributed by atoms with Crippen LogP contribution in [0.3, 0.4) is 0 Å². The van der Waals surface area contributed by atoms with Crippen LogP contribution in [0, 0.1) is 0 Å². The van der Waals surface area contributed by atoms with Crippen molar-refractivity contribution in [2.75, 3.05) is 27.3 Å². The van der Waals surface area contributed by atoms with Crippen molar-refractivity contribution in [1.82, 2.24) is 9.88 Å². The first-order valence-corrected chi connectivity index (χ1v) is 8.90. The van der Waals surface area contributed by atoms with Crippen LogP contribution in [-0.2, 0) is 16.8 Å². The summed E-state index contributed by atoms with van der Waals surface area (Å²) in [5.41, 5.74) is 2.34. The van der Waals surface area contributed by atoms with Crippen LogP contribution in [0.25, 0.3) is 0 Å². The van der Waals surface area contributed by atoms with E-state index in [9.17, 15) is 9.90 Å². The van der Waals surface area contributed by atoms with E-state index >= 15 is 0 Å². The topological polar surface area (TPSA) is 62.7 Å². The normalized spacial score (nSPS) is 16.8. The Morgan fingerprint density at radius 3 is 2.50 bits per heavy atom. The van der Waals surface area contributed by atoms with Gasteiger partial charge in [-0.15, -0.1) is 11.3 Å². The number of thiazole rings is 1. The lowest BCUT2D eigenvalue weighted by Crippen LogP contribution is -2.35. The lowest BCUT2D eigenvalue weighted by atomic mass is 9.74. The predicted octanol–water partition coefficient (Wildman–Crippen LogP) is 2.43. The predicted molar refractivity (Wildman–Crippen MR) is 93.3 cm³/mol. The zero-order valence-electron chi connectivity index (χ0n) is 14.0. The van der Waals surface area contributed by atoms with Crippen molar-refractivity contribution in [3.8, 4) is 0 Å². The van der Waals surface area contributed by atoms with Gasteiger partial charge in [-0.1, -0.05) is 12.1 Å². The summed E-state index contributed by atoms with van der Waals surface area (Å²) >= 11 is 1.59. The number of aliphatic hydroxyl groups excluding tert-OH is 1. The molecule has 2 heterocycles. The van der Waals surface area contributed by atoms with E-state index in [1.54, 1.807) is 30.3 Å². The number of hydrogen-bond acceptors (Lipinski definition) is 5. The molecule has 1 fully saturated rings. The second-order valence-corrected chi connectivity index (χ2v) is 7.13. The van der Waals surface area contributed by atoms with Crippen LogP contribution in [0.4, 0.5) is 0 Å². The quantitative estimate of drug-likeness (QED) is 0.924. The summed E-state index contributed by atoms with van der Waals surface area (Å²) in [6.07, 6.45) is 1.71. The van der Waals surface area contributed by atoms with Gasteiger partial charge < -0.3 is 14.7 Å². The summed E-state index contributed by atoms with van der Waals surface area (Å²) in [4.78, 5) is 18.3. The minimum Gasteiger partial charge on any atom is -0.390 e. The van der Waals surface area contributed by atoms with Gasteiger partial charge in [0.1, 0.15) is 5.01 Å². The fraction of sp³-hybridized carbons (Fsp3) is 0.444. The van der Waals surface area contributed by atoms with Gasteiger partial charge in [-0.05, 0) is 30.5 Å². The summed E-state index contributed by atoms with van der Waals surface area (Å²) in [5.74, 6) is -0.000562. The molecule has 1 amide bonds. The highest BCUT2D eigenvalue weighted by atomic mass is 32.1. The molecule has 0 saturated carbocycles. The molecular weight excluding hydrogens is 324 g/mol. The summed E-state index contributed by atoms with van der Waals surface area (Å²) in [7, 11) is 3.50. The van der Waals surface area contributed by atoms with Gasteiger partial charge in [0.25, 0.3) is 5.91 Å². The molecule has 1 aromatic carbocycles. The molecule has 24 heavy (non-hydrogen) atoms. The van der Waals surface area contributed by atoms with Crippen molar-refractivity contribution < 1.29 is 14.6 Å². The van der Waals surface area contributed by atoms with E-state index in [4.69, 9.17) is 4.74 Å². The van der Waals surface area contributed by atoms with Crippen molar-refractivity contribution in [2.45, 2.75) is 24.9 Å². The van der Waals surface area contributed by atoms with Crippen molar-refractivity contribution in [2.24, 2.45) is 0 Å². The molecule has 0 radical (unpaired) electrons. The minimum atomic E-state index is -0.198. The highest BCUT2D eigenvalue weighted by molar-refractivity contribution is 7.09. The molecule has 1 saturated heterocycles. The average Bonchev–Trinajstić information content (AvgIpc) is 3.11. The number of carbonyl (C=O) groups excluding carboxylic acids is 1. The summed E-state index contributed by atoms with van der Waals surface area (Å²) in [5, 5.41) is 12.3. The smallest absolute Gasteiger partial charge is 0.253 e. The first-order valence-electron chi connectivity index (χ1n) is 8.02. The van der Waals surface area contributed by atoms with Crippen LogP contribution in [0.15, 0.2) is 29.6 Å². The fourth-order valence-corrected chi connectivity index (χ4v) is 4.23. The molecule has 128 valence electrons. The number of aliphatic hydroxyl groups is 1. The van der Waals surface area contributed by atoms with Crippen LogP contribution in [0.2, 0.25) is 0 Å². The lowest BCUT2D eigenvalue weighted by molar-refractivity contribution is 0.0629. The third-order valence-electron chi connectivity index (χ3n) is 4.56. The molecule has 1 N–H and O–H groups in total. The Kier molecular flexibility index (Phi) is 4.99. The van der Waals surface area contributed by atoms with Gasteiger partial charge in [0.05, 0.1) is 17.7 Å². The molecule has 1 aliphatic heterocycles. The molecule has 0 aliphatic carbocycles. The lowest BCUT2D eigenvalue weighted by Gasteiger charge is -2.36. The Morgan fingerprint density at radius 1 is 1.29 bits per heavy atom. The summed E-state index contributed by atoms with van der Waals surface area (Å²) in [6, 6.07) is 7.83. The number of hydrogen-bond donors (Lipinski definition) is 1. The van der Waals surface area contributed by atoms with Crippen LogP contribution in [-0.4, -0.2) is 48.2 Å². The molecule has 0 atom stereocenters. The maximum Gasteiger partial charge on any atom is 0.253 e. The molecule has 2 aromatic rings. The molecule has 1 aromatic heterocycles. The van der Waals surface area contributed by atoms with E-state index in [2.05, 4.69) is 4.98 Å². The molecule has 0 spiro atoms. The zero-order valence-corrected chi connectivity index (χ0v) is 14.8. The highest BCUT2D eigenvalue weighted by Crippen LogP contribution is 2.42.